The Bertz CT molecular complexity index is 654. The minimum absolute atomic E-state index is 0.0415. The zero-order chi connectivity index (χ0) is 15.7. The Morgan fingerprint density at radius 3 is 2.82 bits per heavy atom. The lowest BCUT2D eigenvalue weighted by atomic mass is 9.78. The van der Waals surface area contributed by atoms with Crippen molar-refractivity contribution < 1.29 is 9.59 Å². The van der Waals surface area contributed by atoms with Crippen LogP contribution in [0.5, 0.6) is 0 Å². The Morgan fingerprint density at radius 2 is 2.05 bits per heavy atom. The second-order valence-corrected chi connectivity index (χ2v) is 6.34. The van der Waals surface area contributed by atoms with Crippen molar-refractivity contribution in [3.05, 3.63) is 34.7 Å². The van der Waals surface area contributed by atoms with E-state index >= 15 is 0 Å². The third kappa shape index (κ3) is 2.53. The highest BCUT2D eigenvalue weighted by molar-refractivity contribution is 5.85. The zero-order valence-electron chi connectivity index (χ0n) is 12.8. The van der Waals surface area contributed by atoms with Crippen LogP contribution in [-0.4, -0.2) is 52.9 Å². The van der Waals surface area contributed by atoms with Gasteiger partial charge in [-0.15, -0.1) is 0 Å². The van der Waals surface area contributed by atoms with E-state index in [1.54, 1.807) is 28.1 Å². The number of carbonyl (C=O) groups is 2. The number of likely N-dealkylation sites (tertiary alicyclic amines) is 2. The normalized spacial score (nSPS) is 25.0. The summed E-state index contributed by atoms with van der Waals surface area (Å²) < 4.78 is 1.40. The van der Waals surface area contributed by atoms with Gasteiger partial charge < -0.3 is 14.4 Å². The van der Waals surface area contributed by atoms with Crippen molar-refractivity contribution in [2.45, 2.75) is 25.8 Å². The number of aromatic nitrogens is 1. The van der Waals surface area contributed by atoms with Crippen LogP contribution in [0.3, 0.4) is 0 Å². The first-order valence-electron chi connectivity index (χ1n) is 7.71. The minimum Gasteiger partial charge on any atom is -0.345 e. The molecule has 3 rings (SSSR count). The highest BCUT2D eigenvalue weighted by atomic mass is 16.2. The number of nitrogens with zero attached hydrogens (tertiary/aromatic N) is 3. The molecule has 2 fully saturated rings. The molecule has 2 aliphatic heterocycles. The summed E-state index contributed by atoms with van der Waals surface area (Å²) in [5.41, 5.74) is -0.581. The fraction of sp³-hybridized carbons (Fsp3) is 0.562. The maximum absolute atomic E-state index is 12.5. The molecule has 1 atom stereocenters. The molecule has 1 aromatic heterocycles. The summed E-state index contributed by atoms with van der Waals surface area (Å²) in [7, 11) is 1.83. The third-order valence-corrected chi connectivity index (χ3v) is 4.86. The van der Waals surface area contributed by atoms with Crippen LogP contribution >= 0.6 is 0 Å². The predicted octanol–water partition coefficient (Wildman–Crippen LogP) is 0.319. The lowest BCUT2D eigenvalue weighted by Gasteiger charge is -2.37. The Balaban J connectivity index is 1.70. The number of carbonyl (C=O) groups excluding carboxylic acids is 2. The van der Waals surface area contributed by atoms with Crippen molar-refractivity contribution in [3.8, 4) is 0 Å². The highest BCUT2D eigenvalue weighted by Gasteiger charge is 2.48. The number of hydrogen-bond acceptors (Lipinski definition) is 3. The number of amides is 2. The number of pyridine rings is 1. The molecule has 3 heterocycles. The summed E-state index contributed by atoms with van der Waals surface area (Å²) in [6, 6.07) is 4.84. The van der Waals surface area contributed by atoms with E-state index in [1.807, 2.05) is 7.05 Å². The third-order valence-electron chi connectivity index (χ3n) is 4.86. The van der Waals surface area contributed by atoms with E-state index in [9.17, 15) is 14.4 Å². The van der Waals surface area contributed by atoms with Gasteiger partial charge in [-0.3, -0.25) is 14.4 Å². The average Bonchev–Trinajstić information content (AvgIpc) is 2.93. The van der Waals surface area contributed by atoms with Crippen LogP contribution in [0, 0.1) is 5.41 Å². The summed E-state index contributed by atoms with van der Waals surface area (Å²) in [5, 5.41) is 0. The van der Waals surface area contributed by atoms with E-state index < -0.39 is 5.41 Å². The summed E-state index contributed by atoms with van der Waals surface area (Å²) in [5.74, 6) is 0.0668. The van der Waals surface area contributed by atoms with Crippen molar-refractivity contribution in [2.75, 3.05) is 26.7 Å². The molecule has 1 spiro atoms. The van der Waals surface area contributed by atoms with Crippen LogP contribution < -0.4 is 5.56 Å². The van der Waals surface area contributed by atoms with Crippen molar-refractivity contribution in [1.29, 1.82) is 0 Å². The fourth-order valence-corrected chi connectivity index (χ4v) is 3.57. The van der Waals surface area contributed by atoms with Crippen molar-refractivity contribution in [2.24, 2.45) is 5.41 Å². The van der Waals surface area contributed by atoms with Crippen LogP contribution in [0.2, 0.25) is 0 Å². The second-order valence-electron chi connectivity index (χ2n) is 6.34. The van der Waals surface area contributed by atoms with E-state index in [-0.39, 0.29) is 23.9 Å². The SMILES string of the molecule is CN1CCC[C@]2(CCN(C(=O)Cn3ccccc3=O)C2)C1=O. The molecule has 0 saturated carbocycles. The van der Waals surface area contributed by atoms with E-state index in [1.165, 1.54) is 10.6 Å². The van der Waals surface area contributed by atoms with Crippen LogP contribution in [-0.2, 0) is 16.1 Å². The van der Waals surface area contributed by atoms with E-state index in [0.717, 1.165) is 25.8 Å². The van der Waals surface area contributed by atoms with E-state index in [0.29, 0.717) is 13.1 Å². The molecule has 118 valence electrons. The van der Waals surface area contributed by atoms with Gasteiger partial charge in [0.1, 0.15) is 6.54 Å². The van der Waals surface area contributed by atoms with Crippen LogP contribution in [0.1, 0.15) is 19.3 Å². The molecule has 6 nitrogen and oxygen atoms in total. The molecule has 6 heteroatoms. The Morgan fingerprint density at radius 1 is 1.23 bits per heavy atom. The maximum atomic E-state index is 12.5. The monoisotopic (exact) mass is 303 g/mol. The summed E-state index contributed by atoms with van der Waals surface area (Å²) in [4.78, 5) is 40.1. The van der Waals surface area contributed by atoms with E-state index in [2.05, 4.69) is 0 Å². The summed E-state index contributed by atoms with van der Waals surface area (Å²) in [6.07, 6.45) is 4.19. The van der Waals surface area contributed by atoms with Crippen molar-refractivity contribution >= 4 is 11.8 Å². The molecule has 22 heavy (non-hydrogen) atoms. The molecule has 2 saturated heterocycles. The number of hydrogen-bond donors (Lipinski definition) is 0. The number of rotatable bonds is 2. The maximum Gasteiger partial charge on any atom is 0.250 e. The number of piperidine rings is 1. The molecule has 0 unspecified atom stereocenters. The van der Waals surface area contributed by atoms with Crippen molar-refractivity contribution in [1.82, 2.24) is 14.4 Å². The standard InChI is InChI=1S/C16H21N3O3/c1-17-8-4-6-16(15(17)22)7-10-19(12-16)14(21)11-18-9-3-2-5-13(18)20/h2-3,5,9H,4,6-8,10-12H2,1H3/t16-/m1/s1. The lowest BCUT2D eigenvalue weighted by molar-refractivity contribution is -0.144. The molecular formula is C16H21N3O3. The van der Waals surface area contributed by atoms with Gasteiger partial charge in [-0.1, -0.05) is 6.07 Å². The van der Waals surface area contributed by atoms with Gasteiger partial charge in [0.05, 0.1) is 5.41 Å². The average molecular weight is 303 g/mol. The van der Waals surface area contributed by atoms with Gasteiger partial charge >= 0.3 is 0 Å². The molecule has 2 amide bonds. The molecule has 0 N–H and O–H groups in total. The Kier molecular flexibility index (Phi) is 3.76. The van der Waals surface area contributed by atoms with Gasteiger partial charge in [0.25, 0.3) is 5.56 Å². The predicted molar refractivity (Wildman–Crippen MR) is 81.2 cm³/mol. The van der Waals surface area contributed by atoms with Crippen molar-refractivity contribution in [3.63, 3.8) is 0 Å². The van der Waals surface area contributed by atoms with Gasteiger partial charge in [-0.2, -0.15) is 0 Å². The molecule has 1 aromatic rings. The lowest BCUT2D eigenvalue weighted by Crippen LogP contribution is -2.49. The Hall–Kier alpha value is -2.11. The van der Waals surface area contributed by atoms with Gasteiger partial charge in [0.2, 0.25) is 11.8 Å². The van der Waals surface area contributed by atoms with E-state index in [4.69, 9.17) is 0 Å². The quantitative estimate of drug-likeness (QED) is 0.790. The molecule has 0 bridgehead atoms. The van der Waals surface area contributed by atoms with Crippen LogP contribution in [0.15, 0.2) is 29.2 Å². The summed E-state index contributed by atoms with van der Waals surface area (Å²) in [6.45, 7) is 1.92. The van der Waals surface area contributed by atoms with Gasteiger partial charge in [0, 0.05) is 38.9 Å². The topological polar surface area (TPSA) is 62.6 Å². The summed E-state index contributed by atoms with van der Waals surface area (Å²) >= 11 is 0. The molecule has 0 aliphatic carbocycles. The largest absolute Gasteiger partial charge is 0.345 e. The smallest absolute Gasteiger partial charge is 0.250 e. The molecule has 2 aliphatic rings. The van der Waals surface area contributed by atoms with Gasteiger partial charge in [-0.05, 0) is 25.3 Å². The first-order chi connectivity index (χ1) is 10.5. The van der Waals surface area contributed by atoms with Gasteiger partial charge in [-0.25, -0.2) is 0 Å². The molecule has 0 radical (unpaired) electrons. The molecular weight excluding hydrogens is 282 g/mol. The van der Waals surface area contributed by atoms with Crippen LogP contribution in [0.4, 0.5) is 0 Å². The van der Waals surface area contributed by atoms with Gasteiger partial charge in [0.15, 0.2) is 0 Å². The minimum atomic E-state index is -0.399. The first kappa shape index (κ1) is 14.8. The zero-order valence-corrected chi connectivity index (χ0v) is 12.8. The molecule has 0 aromatic carbocycles. The van der Waals surface area contributed by atoms with Crippen LogP contribution in [0.25, 0.3) is 0 Å². The highest BCUT2D eigenvalue weighted by Crippen LogP contribution is 2.39. The first-order valence-corrected chi connectivity index (χ1v) is 7.71. The second kappa shape index (κ2) is 5.59. The fourth-order valence-electron chi connectivity index (χ4n) is 3.57. The Labute approximate surface area is 129 Å².